The van der Waals surface area contributed by atoms with Crippen LogP contribution in [0.2, 0.25) is 0 Å². The van der Waals surface area contributed by atoms with Crippen LogP contribution in [0.1, 0.15) is 24.1 Å². The van der Waals surface area contributed by atoms with Gasteiger partial charge in [0.05, 0.1) is 18.4 Å². The molecule has 6 nitrogen and oxygen atoms in total. The topological polar surface area (TPSA) is 74.4 Å². The van der Waals surface area contributed by atoms with E-state index in [0.29, 0.717) is 5.69 Å². The third kappa shape index (κ3) is 4.95. The summed E-state index contributed by atoms with van der Waals surface area (Å²) in [6.45, 7) is 2.60. The fraction of sp³-hybridized carbons (Fsp3) is 0.280. The van der Waals surface area contributed by atoms with Gasteiger partial charge in [0.1, 0.15) is 0 Å². The number of likely N-dealkylation sites (tertiary alicyclic amines) is 1. The summed E-state index contributed by atoms with van der Waals surface area (Å²) in [6, 6.07) is 14.7. The summed E-state index contributed by atoms with van der Waals surface area (Å²) in [6.07, 6.45) is 7.59. The zero-order chi connectivity index (χ0) is 22.8. The van der Waals surface area contributed by atoms with Gasteiger partial charge in [-0.1, -0.05) is 30.3 Å². The van der Waals surface area contributed by atoms with Gasteiger partial charge in [0.2, 0.25) is 0 Å². The van der Waals surface area contributed by atoms with Crippen molar-refractivity contribution >= 4 is 41.4 Å². The van der Waals surface area contributed by atoms with Crippen LogP contribution in [-0.4, -0.2) is 48.2 Å². The van der Waals surface area contributed by atoms with E-state index in [-0.39, 0.29) is 12.7 Å². The molecule has 1 unspecified atom stereocenters. The number of piperidine rings is 1. The number of pyridine rings is 2. The molecule has 0 radical (unpaired) electrons. The monoisotopic (exact) mass is 572 g/mol. The first kappa shape index (κ1) is 22.8. The number of hydrogen-bond donors (Lipinski definition) is 2. The molecule has 1 atom stereocenters. The molecule has 1 aromatic carbocycles. The molecule has 0 spiro atoms. The van der Waals surface area contributed by atoms with Crippen molar-refractivity contribution in [2.24, 2.45) is 0 Å². The molecule has 8 heteroatoms. The Morgan fingerprint density at radius 2 is 1.82 bits per heavy atom. The van der Waals surface area contributed by atoms with E-state index in [1.54, 1.807) is 9.12 Å². The van der Waals surface area contributed by atoms with Crippen molar-refractivity contribution in [2.45, 2.75) is 32.1 Å². The molecule has 33 heavy (non-hydrogen) atoms. The Balaban J connectivity index is 1.44. The van der Waals surface area contributed by atoms with Gasteiger partial charge in [-0.05, 0) is 42.6 Å². The molecule has 5 rings (SSSR count). The highest BCUT2D eigenvalue weighted by Gasteiger charge is 2.18. The molecular formula is C25H25IN4O2S. The summed E-state index contributed by atoms with van der Waals surface area (Å²) in [5.41, 5.74) is 7.09. The maximum atomic E-state index is 9.92. The zero-order valence-electron chi connectivity index (χ0n) is 18.1. The van der Waals surface area contributed by atoms with Crippen LogP contribution in [-0.2, 0) is 13.2 Å². The minimum Gasteiger partial charge on any atom is -0.392 e. The first-order valence-corrected chi connectivity index (χ1v) is 14.3. The van der Waals surface area contributed by atoms with Crippen LogP contribution < -0.4 is 0 Å². The lowest BCUT2D eigenvalue weighted by atomic mass is 10.0. The first-order chi connectivity index (χ1) is 16.1. The number of aromatic nitrogens is 3. The molecule has 4 heterocycles. The van der Waals surface area contributed by atoms with Gasteiger partial charge in [-0.25, -0.2) is 4.98 Å². The van der Waals surface area contributed by atoms with Crippen LogP contribution in [0.25, 0.3) is 33.3 Å². The van der Waals surface area contributed by atoms with E-state index in [1.807, 2.05) is 24.5 Å². The Bertz CT molecular complexity index is 1240. The van der Waals surface area contributed by atoms with E-state index in [2.05, 4.69) is 71.6 Å². The Morgan fingerprint density at radius 1 is 1.03 bits per heavy atom. The van der Waals surface area contributed by atoms with E-state index in [0.717, 1.165) is 65.8 Å². The third-order valence-corrected chi connectivity index (χ3v) is 7.86. The highest BCUT2D eigenvalue weighted by molar-refractivity contribution is 14.2. The van der Waals surface area contributed by atoms with Crippen LogP contribution in [0.3, 0.4) is 0 Å². The molecule has 0 bridgehead atoms. The molecule has 1 saturated heterocycles. The molecule has 0 amide bonds. The number of fused-ring (bicyclic) bond motifs is 1. The van der Waals surface area contributed by atoms with Crippen molar-refractivity contribution in [3.8, 4) is 22.3 Å². The van der Waals surface area contributed by atoms with Gasteiger partial charge in [0, 0.05) is 84.1 Å². The highest BCUT2D eigenvalue weighted by Crippen LogP contribution is 2.35. The molecule has 170 valence electrons. The van der Waals surface area contributed by atoms with Crippen LogP contribution in [0.5, 0.6) is 0 Å². The predicted molar refractivity (Wildman–Crippen MR) is 142 cm³/mol. The SMILES string of the molecule is OCc1ccc(-c2cn(SI)c3ncc(-c4ccc(CN5CCCC(O)C5)cc4)cc23)cn1. The maximum Gasteiger partial charge on any atom is 0.151 e. The minimum absolute atomic E-state index is 0.0638. The van der Waals surface area contributed by atoms with E-state index in [1.165, 1.54) is 5.56 Å². The average Bonchev–Trinajstić information content (AvgIpc) is 3.22. The summed E-state index contributed by atoms with van der Waals surface area (Å²) in [5.74, 6) is 0. The highest BCUT2D eigenvalue weighted by atomic mass is 127. The average molecular weight is 572 g/mol. The molecule has 1 fully saturated rings. The van der Waals surface area contributed by atoms with Crippen molar-refractivity contribution in [1.29, 1.82) is 0 Å². The van der Waals surface area contributed by atoms with Crippen molar-refractivity contribution in [3.63, 3.8) is 0 Å². The fourth-order valence-electron chi connectivity index (χ4n) is 4.43. The summed E-state index contributed by atoms with van der Waals surface area (Å²) >= 11 is 2.26. The normalized spacial score (nSPS) is 17.0. The van der Waals surface area contributed by atoms with Gasteiger partial charge in [-0.3, -0.25) is 13.9 Å². The fourth-order valence-corrected chi connectivity index (χ4v) is 5.69. The number of nitrogens with zero attached hydrogens (tertiary/aromatic N) is 4. The van der Waals surface area contributed by atoms with Gasteiger partial charge < -0.3 is 10.2 Å². The van der Waals surface area contributed by atoms with Gasteiger partial charge >= 0.3 is 0 Å². The first-order valence-electron chi connectivity index (χ1n) is 11.0. The lowest BCUT2D eigenvalue weighted by Gasteiger charge is -2.29. The van der Waals surface area contributed by atoms with E-state index in [4.69, 9.17) is 4.98 Å². The smallest absolute Gasteiger partial charge is 0.151 e. The van der Waals surface area contributed by atoms with Crippen molar-refractivity contribution in [2.75, 3.05) is 13.1 Å². The second-order valence-corrected chi connectivity index (χ2v) is 10.2. The summed E-state index contributed by atoms with van der Waals surface area (Å²) < 4.78 is 2.06. The summed E-state index contributed by atoms with van der Waals surface area (Å²) in [4.78, 5) is 11.4. The molecule has 0 aliphatic carbocycles. The quantitative estimate of drug-likeness (QED) is 0.315. The molecular weight excluding hydrogens is 547 g/mol. The Morgan fingerprint density at radius 3 is 2.52 bits per heavy atom. The van der Waals surface area contributed by atoms with Gasteiger partial charge in [0.15, 0.2) is 5.65 Å². The maximum absolute atomic E-state index is 9.92. The van der Waals surface area contributed by atoms with Gasteiger partial charge in [-0.15, -0.1) is 0 Å². The van der Waals surface area contributed by atoms with E-state index in [9.17, 15) is 10.2 Å². The molecule has 1 aliphatic rings. The summed E-state index contributed by atoms with van der Waals surface area (Å²) in [5, 5.41) is 20.3. The van der Waals surface area contributed by atoms with Gasteiger partial charge in [-0.2, -0.15) is 0 Å². The van der Waals surface area contributed by atoms with Crippen LogP contribution in [0, 0.1) is 0 Å². The number of aliphatic hydroxyl groups excluding tert-OH is 2. The largest absolute Gasteiger partial charge is 0.392 e. The number of hydrogen-bond acceptors (Lipinski definition) is 6. The Kier molecular flexibility index (Phi) is 6.98. The molecule has 1 aliphatic heterocycles. The Labute approximate surface area is 209 Å². The van der Waals surface area contributed by atoms with Crippen molar-refractivity contribution < 1.29 is 10.2 Å². The Hall–Kier alpha value is -1.98. The zero-order valence-corrected chi connectivity index (χ0v) is 21.0. The second-order valence-electron chi connectivity index (χ2n) is 8.46. The molecule has 3 aromatic heterocycles. The molecule has 2 N–H and O–H groups in total. The standard InChI is InChI=1S/C25H25IN4O2S/c26-33-30-15-24(19-7-8-21(16-31)27-11-19)23-10-20(12-28-25(23)30)18-5-3-17(4-6-18)13-29-9-1-2-22(32)14-29/h3-8,10-12,15,22,31-32H,1-2,9,13-14,16H2. The summed E-state index contributed by atoms with van der Waals surface area (Å²) in [7, 11) is 1.58. The van der Waals surface area contributed by atoms with Gasteiger partial charge in [0.25, 0.3) is 0 Å². The van der Waals surface area contributed by atoms with Crippen molar-refractivity contribution in [3.05, 3.63) is 72.3 Å². The number of halogens is 1. The van der Waals surface area contributed by atoms with Crippen LogP contribution in [0.4, 0.5) is 0 Å². The number of benzene rings is 1. The van der Waals surface area contributed by atoms with E-state index >= 15 is 0 Å². The molecule has 4 aromatic rings. The minimum atomic E-state index is -0.201. The third-order valence-electron chi connectivity index (χ3n) is 6.16. The second kappa shape index (κ2) is 10.1. The molecule has 0 saturated carbocycles. The van der Waals surface area contributed by atoms with E-state index < -0.39 is 0 Å². The predicted octanol–water partition coefficient (Wildman–Crippen LogP) is 5.06. The lowest BCUT2D eigenvalue weighted by molar-refractivity contribution is 0.0668. The van der Waals surface area contributed by atoms with Crippen molar-refractivity contribution in [1.82, 2.24) is 18.8 Å². The lowest BCUT2D eigenvalue weighted by Crippen LogP contribution is -2.37. The number of rotatable bonds is 6. The van der Waals surface area contributed by atoms with Crippen LogP contribution in [0.15, 0.2) is 61.1 Å². The number of aliphatic hydroxyl groups is 2. The number of β-amino-alcohol motifs (C(OH)–C–C–N with tert-alkyl or cyclic N) is 1. The van der Waals surface area contributed by atoms with Crippen LogP contribution >= 0.6 is 30.3 Å².